The van der Waals surface area contributed by atoms with Crippen LogP contribution in [0.15, 0.2) is 218 Å². The molecule has 0 fully saturated rings. The Morgan fingerprint density at radius 2 is 0.938 bits per heavy atom. The van der Waals surface area contributed by atoms with Gasteiger partial charge in [-0.2, -0.15) is 0 Å². The van der Waals surface area contributed by atoms with Gasteiger partial charge in [-0.1, -0.05) is 206 Å². The number of aromatic nitrogens is 1. The predicted octanol–water partition coefficient (Wildman–Crippen LogP) is 17.2. The van der Waals surface area contributed by atoms with E-state index in [1.807, 2.05) is 0 Å². The zero-order valence-corrected chi connectivity index (χ0v) is 35.6. The van der Waals surface area contributed by atoms with E-state index in [1.54, 1.807) is 0 Å². The summed E-state index contributed by atoms with van der Waals surface area (Å²) >= 11 is 0. The van der Waals surface area contributed by atoms with E-state index in [0.29, 0.717) is 0 Å². The highest BCUT2D eigenvalue weighted by atomic mass is 14.7. The molecular formula is C63H45N. The summed E-state index contributed by atoms with van der Waals surface area (Å²) < 4.78 is 0. The van der Waals surface area contributed by atoms with Crippen molar-refractivity contribution in [2.45, 2.75) is 25.7 Å². The third kappa shape index (κ3) is 6.60. The Balaban J connectivity index is 1.10. The number of rotatable bonds is 7. The van der Waals surface area contributed by atoms with Gasteiger partial charge in [0.15, 0.2) is 0 Å². The summed E-state index contributed by atoms with van der Waals surface area (Å²) in [4.78, 5) is 5.50. The van der Waals surface area contributed by atoms with Crippen molar-refractivity contribution in [2.75, 3.05) is 0 Å². The van der Waals surface area contributed by atoms with E-state index in [9.17, 15) is 0 Å². The lowest BCUT2D eigenvalue weighted by Gasteiger charge is -2.25. The van der Waals surface area contributed by atoms with Crippen LogP contribution >= 0.6 is 0 Å². The summed E-state index contributed by atoms with van der Waals surface area (Å²) in [6, 6.07) is 71.6. The minimum absolute atomic E-state index is 1.01. The van der Waals surface area contributed by atoms with Gasteiger partial charge in [0.1, 0.15) is 0 Å². The molecule has 10 aromatic rings. The molecule has 0 amide bonds. The number of hydrogen-bond acceptors (Lipinski definition) is 1. The summed E-state index contributed by atoms with van der Waals surface area (Å²) in [5, 5.41) is 4.76. The van der Waals surface area contributed by atoms with E-state index < -0.39 is 0 Å². The first-order valence-electron chi connectivity index (χ1n) is 22.7. The number of pyridine rings is 1. The molecular weight excluding hydrogens is 771 g/mol. The van der Waals surface area contributed by atoms with Gasteiger partial charge in [-0.25, -0.2) is 4.98 Å². The van der Waals surface area contributed by atoms with Crippen molar-refractivity contribution >= 4 is 44.2 Å². The van der Waals surface area contributed by atoms with Crippen LogP contribution in [0.2, 0.25) is 0 Å². The van der Waals surface area contributed by atoms with Gasteiger partial charge in [-0.3, -0.25) is 0 Å². The zero-order chi connectivity index (χ0) is 42.4. The van der Waals surface area contributed by atoms with E-state index in [0.717, 1.165) is 36.7 Å². The molecule has 0 atom stereocenters. The van der Waals surface area contributed by atoms with Crippen molar-refractivity contribution in [1.82, 2.24) is 4.98 Å². The van der Waals surface area contributed by atoms with Gasteiger partial charge >= 0.3 is 0 Å². The second kappa shape index (κ2) is 16.1. The number of allylic oxidation sites excluding steroid dienone is 5. The van der Waals surface area contributed by atoms with Crippen molar-refractivity contribution in [2.24, 2.45) is 0 Å². The van der Waals surface area contributed by atoms with E-state index >= 15 is 0 Å². The minimum atomic E-state index is 1.01. The lowest BCUT2D eigenvalue weighted by Crippen LogP contribution is -2.01. The predicted molar refractivity (Wildman–Crippen MR) is 273 cm³/mol. The Bertz CT molecular complexity index is 3520. The average molecular weight is 816 g/mol. The maximum absolute atomic E-state index is 5.50. The first-order chi connectivity index (χ1) is 31.8. The average Bonchev–Trinajstić information content (AvgIpc) is 3.38. The lowest BCUT2D eigenvalue weighted by atomic mass is 9.78. The summed E-state index contributed by atoms with van der Waals surface area (Å²) in [6.07, 6.45) is 15.9. The third-order valence-corrected chi connectivity index (χ3v) is 13.3. The number of hydrogen-bond donors (Lipinski definition) is 0. The molecule has 0 radical (unpaired) electrons. The van der Waals surface area contributed by atoms with Crippen LogP contribution in [0.4, 0.5) is 0 Å². The highest BCUT2D eigenvalue weighted by molar-refractivity contribution is 6.18. The van der Waals surface area contributed by atoms with Crippen molar-refractivity contribution in [3.05, 3.63) is 235 Å². The van der Waals surface area contributed by atoms with Gasteiger partial charge in [0.05, 0.1) is 11.0 Å². The van der Waals surface area contributed by atoms with E-state index in [2.05, 4.69) is 225 Å². The molecule has 12 rings (SSSR count). The first-order valence-corrected chi connectivity index (χ1v) is 22.7. The van der Waals surface area contributed by atoms with Gasteiger partial charge in [0, 0.05) is 27.3 Å². The second-order valence-electron chi connectivity index (χ2n) is 17.1. The molecule has 9 aromatic carbocycles. The molecule has 0 N–H and O–H groups in total. The Labute approximate surface area is 375 Å². The fourth-order valence-corrected chi connectivity index (χ4v) is 10.3. The summed E-state index contributed by atoms with van der Waals surface area (Å²) in [7, 11) is 0. The normalized spacial score (nSPS) is 13.3. The van der Waals surface area contributed by atoms with Crippen LogP contribution in [0, 0.1) is 0 Å². The number of fused-ring (bicyclic) bond motifs is 6. The maximum atomic E-state index is 5.50. The van der Waals surface area contributed by atoms with E-state index in [-0.39, 0.29) is 0 Å². The Morgan fingerprint density at radius 1 is 0.344 bits per heavy atom. The topological polar surface area (TPSA) is 12.9 Å². The van der Waals surface area contributed by atoms with Crippen molar-refractivity contribution in [1.29, 1.82) is 0 Å². The van der Waals surface area contributed by atoms with Crippen LogP contribution in [0.1, 0.15) is 36.0 Å². The van der Waals surface area contributed by atoms with Crippen LogP contribution in [-0.4, -0.2) is 4.98 Å². The number of aryl methyl sites for hydroxylation is 1. The van der Waals surface area contributed by atoms with E-state index in [1.165, 1.54) is 111 Å². The monoisotopic (exact) mass is 815 g/mol. The Kier molecular flexibility index (Phi) is 9.53. The van der Waals surface area contributed by atoms with Crippen LogP contribution < -0.4 is 0 Å². The highest BCUT2D eigenvalue weighted by Gasteiger charge is 2.25. The van der Waals surface area contributed by atoms with Crippen LogP contribution in [0.3, 0.4) is 0 Å². The van der Waals surface area contributed by atoms with Gasteiger partial charge in [-0.05, 0) is 127 Å². The molecule has 0 bridgehead atoms. The summed E-state index contributed by atoms with van der Waals surface area (Å²) in [5.41, 5.74) is 21.9. The van der Waals surface area contributed by atoms with Crippen LogP contribution in [0.25, 0.3) is 111 Å². The molecule has 1 nitrogen and oxygen atoms in total. The first kappa shape index (κ1) is 37.9. The molecule has 1 aromatic heterocycles. The molecule has 302 valence electrons. The molecule has 0 unspecified atom stereocenters. The fraction of sp³-hybridized carbons (Fsp3) is 0.0635. The molecule has 0 saturated carbocycles. The van der Waals surface area contributed by atoms with Crippen molar-refractivity contribution in [3.63, 3.8) is 0 Å². The van der Waals surface area contributed by atoms with Crippen LogP contribution in [0.5, 0.6) is 0 Å². The number of nitrogens with zero attached hydrogens (tertiary/aromatic N) is 1. The van der Waals surface area contributed by atoms with Gasteiger partial charge in [0.25, 0.3) is 0 Å². The molecule has 2 aliphatic rings. The molecule has 0 spiro atoms. The molecule has 1 heteroatoms. The molecule has 0 aliphatic heterocycles. The Morgan fingerprint density at radius 3 is 1.69 bits per heavy atom. The van der Waals surface area contributed by atoms with Crippen molar-refractivity contribution in [3.8, 4) is 66.8 Å². The summed E-state index contributed by atoms with van der Waals surface area (Å²) in [5.74, 6) is 0. The lowest BCUT2D eigenvalue weighted by molar-refractivity contribution is 0.988. The quantitative estimate of drug-likeness (QED) is 0.115. The van der Waals surface area contributed by atoms with Crippen LogP contribution in [-0.2, 0) is 6.42 Å². The molecule has 1 heterocycles. The fourth-order valence-electron chi connectivity index (χ4n) is 10.3. The number of benzene rings is 9. The third-order valence-electron chi connectivity index (χ3n) is 13.3. The van der Waals surface area contributed by atoms with Gasteiger partial charge in [-0.15, -0.1) is 0 Å². The highest BCUT2D eigenvalue weighted by Crippen LogP contribution is 2.50. The van der Waals surface area contributed by atoms with Gasteiger partial charge < -0.3 is 0 Å². The molecule has 2 aliphatic carbocycles. The summed E-state index contributed by atoms with van der Waals surface area (Å²) in [6.45, 7) is 0. The smallest absolute Gasteiger partial charge is 0.0794 e. The molecule has 64 heavy (non-hydrogen) atoms. The largest absolute Gasteiger partial charge is 0.246 e. The van der Waals surface area contributed by atoms with Crippen molar-refractivity contribution < 1.29 is 0 Å². The zero-order valence-electron chi connectivity index (χ0n) is 35.6. The van der Waals surface area contributed by atoms with Gasteiger partial charge in [0.2, 0.25) is 0 Å². The van der Waals surface area contributed by atoms with E-state index in [4.69, 9.17) is 4.98 Å². The maximum Gasteiger partial charge on any atom is 0.0794 e. The second-order valence-corrected chi connectivity index (χ2v) is 17.1. The SMILES string of the molecule is C1=CC(c2c(-c3cccc(-c4cccc(-c5c6ccc7c(c6nc6c5ccc5ccccc56)C=CCC7)c4)c3)cc(-c3ccccc3)c(-c3ccccc3)c2-c2ccccc2)=CCC1. The molecule has 0 saturated heterocycles. The minimum Gasteiger partial charge on any atom is -0.246 e. The Hall–Kier alpha value is -7.87. The standard InChI is InChI=1S/C63H45N/c1-5-19-42(20-6-1)56-41-57(60(46-25-9-3-10-26-46)61(47-27-11-4-12-28-47)59(56)45-23-7-2-8-24-45)50-31-17-29-48(39-50)49-30-18-32-51(40-49)58-54-37-35-43-21-13-15-33-52(43)62(54)64-63-53-34-16-14-22-44(53)36-38-55(58)63/h1-2,4-9,11-13,15-21,23-41H,3,10,14,22H2.